The SMILES string of the molecule is O=Cc1cccc(-c2ccccc2)c1OCC(=O)[O-]. The van der Waals surface area contributed by atoms with Gasteiger partial charge in [0.2, 0.25) is 0 Å². The highest BCUT2D eigenvalue weighted by molar-refractivity contribution is 5.86. The molecule has 0 fully saturated rings. The number of carboxylic acid groups (broad SMARTS) is 1. The van der Waals surface area contributed by atoms with Gasteiger partial charge in [-0.1, -0.05) is 42.5 Å². The van der Waals surface area contributed by atoms with Gasteiger partial charge in [-0.05, 0) is 11.6 Å². The Balaban J connectivity index is 2.48. The van der Waals surface area contributed by atoms with Crippen molar-refractivity contribution in [3.8, 4) is 16.9 Å². The van der Waals surface area contributed by atoms with Gasteiger partial charge in [-0.2, -0.15) is 0 Å². The Morgan fingerprint density at radius 3 is 2.47 bits per heavy atom. The molecule has 0 aliphatic rings. The van der Waals surface area contributed by atoms with Gasteiger partial charge < -0.3 is 14.6 Å². The third-order valence-electron chi connectivity index (χ3n) is 2.59. The standard InChI is InChI=1S/C15H12O4/c16-9-12-7-4-8-13(11-5-2-1-3-6-11)15(12)19-10-14(17)18/h1-9H,10H2,(H,17,18)/p-1. The van der Waals surface area contributed by atoms with Crippen molar-refractivity contribution in [2.24, 2.45) is 0 Å². The molecule has 0 aliphatic carbocycles. The predicted octanol–water partition coefficient (Wildman–Crippen LogP) is 1.29. The molecule has 2 rings (SSSR count). The van der Waals surface area contributed by atoms with Gasteiger partial charge in [-0.3, -0.25) is 4.79 Å². The van der Waals surface area contributed by atoms with Gasteiger partial charge in [0.25, 0.3) is 0 Å². The Morgan fingerprint density at radius 2 is 1.84 bits per heavy atom. The number of ether oxygens (including phenoxy) is 1. The number of benzene rings is 2. The fraction of sp³-hybridized carbons (Fsp3) is 0.0667. The molecule has 0 saturated carbocycles. The van der Waals surface area contributed by atoms with Crippen molar-refractivity contribution in [3.05, 3.63) is 54.1 Å². The maximum absolute atomic E-state index is 11.0. The third kappa shape index (κ3) is 2.98. The quantitative estimate of drug-likeness (QED) is 0.755. The monoisotopic (exact) mass is 255 g/mol. The van der Waals surface area contributed by atoms with Gasteiger partial charge >= 0.3 is 0 Å². The van der Waals surface area contributed by atoms with E-state index < -0.39 is 12.6 Å². The number of rotatable bonds is 5. The summed E-state index contributed by atoms with van der Waals surface area (Å²) in [6, 6.07) is 14.4. The molecular weight excluding hydrogens is 244 g/mol. The number of carboxylic acids is 1. The van der Waals surface area contributed by atoms with Crippen LogP contribution in [0.2, 0.25) is 0 Å². The summed E-state index contributed by atoms with van der Waals surface area (Å²) in [7, 11) is 0. The van der Waals surface area contributed by atoms with Crippen molar-refractivity contribution in [1.82, 2.24) is 0 Å². The minimum Gasteiger partial charge on any atom is -0.546 e. The molecule has 4 heteroatoms. The van der Waals surface area contributed by atoms with E-state index in [0.29, 0.717) is 17.4 Å². The number of carbonyl (C=O) groups excluding carboxylic acids is 2. The molecule has 0 atom stereocenters. The van der Waals surface area contributed by atoms with E-state index in [2.05, 4.69) is 0 Å². The van der Waals surface area contributed by atoms with E-state index in [-0.39, 0.29) is 5.75 Å². The number of hydrogen-bond donors (Lipinski definition) is 0. The predicted molar refractivity (Wildman–Crippen MR) is 67.8 cm³/mol. The molecule has 0 saturated heterocycles. The first-order chi connectivity index (χ1) is 9.22. The Labute approximate surface area is 110 Å². The Hall–Kier alpha value is -2.62. The smallest absolute Gasteiger partial charge is 0.153 e. The first-order valence-corrected chi connectivity index (χ1v) is 5.68. The summed E-state index contributed by atoms with van der Waals surface area (Å²) in [5.74, 6) is -1.08. The molecule has 0 aliphatic heterocycles. The lowest BCUT2D eigenvalue weighted by molar-refractivity contribution is -0.307. The molecule has 0 radical (unpaired) electrons. The molecule has 2 aromatic carbocycles. The summed E-state index contributed by atoms with van der Waals surface area (Å²) in [5.41, 5.74) is 1.83. The number of carbonyl (C=O) groups is 2. The van der Waals surface area contributed by atoms with Crippen LogP contribution in [0.1, 0.15) is 10.4 Å². The lowest BCUT2D eigenvalue weighted by Gasteiger charge is -2.14. The van der Waals surface area contributed by atoms with Crippen molar-refractivity contribution in [2.45, 2.75) is 0 Å². The van der Waals surface area contributed by atoms with Crippen molar-refractivity contribution >= 4 is 12.3 Å². The molecule has 4 nitrogen and oxygen atoms in total. The van der Waals surface area contributed by atoms with Crippen LogP contribution >= 0.6 is 0 Å². The number of aldehydes is 1. The number of aliphatic carboxylic acids is 1. The van der Waals surface area contributed by atoms with Crippen molar-refractivity contribution in [2.75, 3.05) is 6.61 Å². The molecule has 0 heterocycles. The Morgan fingerprint density at radius 1 is 1.11 bits per heavy atom. The molecule has 96 valence electrons. The van der Waals surface area contributed by atoms with Gasteiger partial charge in [0.15, 0.2) is 6.29 Å². The lowest BCUT2D eigenvalue weighted by Crippen LogP contribution is -2.29. The van der Waals surface area contributed by atoms with Crippen LogP contribution < -0.4 is 9.84 Å². The zero-order chi connectivity index (χ0) is 13.7. The normalized spacial score (nSPS) is 9.89. The molecule has 19 heavy (non-hydrogen) atoms. The van der Waals surface area contributed by atoms with Crippen LogP contribution in [0.4, 0.5) is 0 Å². The average molecular weight is 255 g/mol. The van der Waals surface area contributed by atoms with E-state index in [1.807, 2.05) is 30.3 Å². The second-order valence-corrected chi connectivity index (χ2v) is 3.87. The minimum absolute atomic E-state index is 0.257. The molecule has 0 spiro atoms. The van der Waals surface area contributed by atoms with Crippen LogP contribution in [-0.4, -0.2) is 18.9 Å². The summed E-state index contributed by atoms with van der Waals surface area (Å²) in [5, 5.41) is 10.5. The van der Waals surface area contributed by atoms with Crippen LogP contribution in [-0.2, 0) is 4.79 Å². The number of hydrogen-bond acceptors (Lipinski definition) is 4. The van der Waals surface area contributed by atoms with Gasteiger partial charge in [0.05, 0.1) is 11.5 Å². The second-order valence-electron chi connectivity index (χ2n) is 3.87. The summed E-state index contributed by atoms with van der Waals surface area (Å²) in [4.78, 5) is 21.5. The van der Waals surface area contributed by atoms with E-state index in [4.69, 9.17) is 4.74 Å². The van der Waals surface area contributed by atoms with Gasteiger partial charge in [-0.15, -0.1) is 0 Å². The molecule has 0 amide bonds. The van der Waals surface area contributed by atoms with Crippen LogP contribution in [0.3, 0.4) is 0 Å². The van der Waals surface area contributed by atoms with E-state index in [0.717, 1.165) is 5.56 Å². The molecule has 0 bridgehead atoms. The Bertz CT molecular complexity index is 590. The topological polar surface area (TPSA) is 66.4 Å². The summed E-state index contributed by atoms with van der Waals surface area (Å²) < 4.78 is 5.18. The van der Waals surface area contributed by atoms with Crippen LogP contribution in [0, 0.1) is 0 Å². The molecule has 0 N–H and O–H groups in total. The second kappa shape index (κ2) is 5.82. The maximum Gasteiger partial charge on any atom is 0.153 e. The van der Waals surface area contributed by atoms with E-state index >= 15 is 0 Å². The van der Waals surface area contributed by atoms with Crippen molar-refractivity contribution in [1.29, 1.82) is 0 Å². The average Bonchev–Trinajstić information content (AvgIpc) is 2.45. The largest absolute Gasteiger partial charge is 0.546 e. The van der Waals surface area contributed by atoms with Gasteiger partial charge in [0, 0.05) is 5.56 Å². The lowest BCUT2D eigenvalue weighted by atomic mass is 10.0. The summed E-state index contributed by atoms with van der Waals surface area (Å²) >= 11 is 0. The van der Waals surface area contributed by atoms with Gasteiger partial charge in [-0.25, -0.2) is 0 Å². The maximum atomic E-state index is 11.0. The van der Waals surface area contributed by atoms with E-state index in [1.54, 1.807) is 18.2 Å². The first kappa shape index (κ1) is 12.8. The van der Waals surface area contributed by atoms with Crippen LogP contribution in [0.25, 0.3) is 11.1 Å². The summed E-state index contributed by atoms with van der Waals surface area (Å²) in [6.45, 7) is -0.593. The zero-order valence-corrected chi connectivity index (χ0v) is 10.0. The third-order valence-corrected chi connectivity index (χ3v) is 2.59. The molecule has 2 aromatic rings. The van der Waals surface area contributed by atoms with Crippen molar-refractivity contribution in [3.63, 3.8) is 0 Å². The Kier molecular flexibility index (Phi) is 3.93. The molecular formula is C15H11O4-. The van der Waals surface area contributed by atoms with Crippen LogP contribution in [0.15, 0.2) is 48.5 Å². The molecule has 0 aromatic heterocycles. The van der Waals surface area contributed by atoms with Gasteiger partial charge in [0.1, 0.15) is 12.4 Å². The zero-order valence-electron chi connectivity index (χ0n) is 10.0. The highest BCUT2D eigenvalue weighted by Crippen LogP contribution is 2.32. The summed E-state index contributed by atoms with van der Waals surface area (Å²) in [6.07, 6.45) is 0.636. The van der Waals surface area contributed by atoms with E-state index in [1.165, 1.54) is 0 Å². The van der Waals surface area contributed by atoms with Crippen LogP contribution in [0.5, 0.6) is 5.75 Å². The highest BCUT2D eigenvalue weighted by Gasteiger charge is 2.11. The number of para-hydroxylation sites is 1. The fourth-order valence-corrected chi connectivity index (χ4v) is 1.78. The fourth-order valence-electron chi connectivity index (χ4n) is 1.78. The van der Waals surface area contributed by atoms with E-state index in [9.17, 15) is 14.7 Å². The minimum atomic E-state index is -1.33. The highest BCUT2D eigenvalue weighted by atomic mass is 16.5. The van der Waals surface area contributed by atoms with Crippen molar-refractivity contribution < 1.29 is 19.4 Å². The first-order valence-electron chi connectivity index (χ1n) is 5.68. The molecule has 0 unspecified atom stereocenters.